The van der Waals surface area contributed by atoms with Gasteiger partial charge in [0.05, 0.1) is 21.8 Å². The van der Waals surface area contributed by atoms with E-state index in [9.17, 15) is 38.0 Å². The van der Waals surface area contributed by atoms with Crippen LogP contribution in [-0.4, -0.2) is 33.7 Å². The van der Waals surface area contributed by atoms with Crippen molar-refractivity contribution in [3.63, 3.8) is 0 Å². The first kappa shape index (κ1) is 22.7. The van der Waals surface area contributed by atoms with Crippen LogP contribution in [0.3, 0.4) is 0 Å². The Bertz CT molecular complexity index is 1330. The number of carbonyl (C=O) groups excluding carboxylic acids is 2. The maximum absolute atomic E-state index is 13.9. The van der Waals surface area contributed by atoms with Crippen molar-refractivity contribution in [1.29, 1.82) is 0 Å². The number of furan rings is 1. The molecule has 1 aliphatic heterocycles. The third-order valence-corrected chi connectivity index (χ3v) is 5.04. The third kappa shape index (κ3) is 3.79. The lowest BCUT2D eigenvalue weighted by Crippen LogP contribution is -2.66. The third-order valence-electron chi connectivity index (χ3n) is 5.04. The number of nitro groups is 1. The normalized spacial score (nSPS) is 18.3. The molecule has 2 aromatic carbocycles. The van der Waals surface area contributed by atoms with Crippen LogP contribution in [0.1, 0.15) is 16.1 Å². The van der Waals surface area contributed by atoms with Gasteiger partial charge in [-0.3, -0.25) is 20.2 Å². The van der Waals surface area contributed by atoms with E-state index in [2.05, 4.69) is 5.32 Å². The van der Waals surface area contributed by atoms with E-state index in [0.29, 0.717) is 0 Å². The monoisotopic (exact) mass is 473 g/mol. The van der Waals surface area contributed by atoms with Gasteiger partial charge in [-0.25, -0.2) is 4.79 Å². The van der Waals surface area contributed by atoms with E-state index in [1.807, 2.05) is 0 Å². The molecule has 1 aromatic heterocycles. The summed E-state index contributed by atoms with van der Waals surface area (Å²) in [7, 11) is 0. The molecule has 4 rings (SSSR count). The van der Waals surface area contributed by atoms with Gasteiger partial charge in [0, 0.05) is 11.6 Å². The Balaban J connectivity index is 1.94. The number of hydrogen-bond donors (Lipinski definition) is 3. The molecule has 0 radical (unpaired) electrons. The quantitative estimate of drug-likeness (QED) is 0.291. The van der Waals surface area contributed by atoms with Crippen LogP contribution in [0.25, 0.3) is 17.0 Å². The van der Waals surface area contributed by atoms with E-state index in [1.54, 1.807) is 0 Å². The first-order valence-corrected chi connectivity index (χ1v) is 9.59. The Morgan fingerprint density at radius 3 is 2.26 bits per heavy atom. The smallest absolute Gasteiger partial charge is 0.441 e. The number of alkyl halides is 3. The predicted molar refractivity (Wildman–Crippen MR) is 111 cm³/mol. The second-order valence-corrected chi connectivity index (χ2v) is 7.17. The van der Waals surface area contributed by atoms with Gasteiger partial charge in [-0.2, -0.15) is 13.2 Å². The molecule has 1 aliphatic rings. The number of para-hydroxylation sites is 1. The molecule has 1 atom stereocenters. The van der Waals surface area contributed by atoms with Crippen LogP contribution in [0.15, 0.2) is 76.7 Å². The Hall–Kier alpha value is -4.45. The molecule has 12 heteroatoms. The van der Waals surface area contributed by atoms with Gasteiger partial charge in [-0.1, -0.05) is 42.5 Å². The Kier molecular flexibility index (Phi) is 5.45. The number of aliphatic hydroxyl groups is 1. The van der Waals surface area contributed by atoms with Crippen LogP contribution in [0.4, 0.5) is 23.7 Å². The standard InChI is InChI=1S/C22H14F3N3O6/c23-22(24,25)21(31)17(19(29)12-6-2-1-3-7-12)18(26-20(30)27-21)16-11-10-15(34-16)13-8-4-5-9-14(13)28(32)33/h1-11,31H,(H2,26,27,30). The fourth-order valence-electron chi connectivity index (χ4n) is 3.48. The SMILES string of the molecule is O=C1NC(c2ccc(-c3ccccc3[N+](=O)[O-])o2)=C(C(=O)c2ccccc2)C(O)(C(F)(F)F)N1. The molecule has 0 aliphatic carbocycles. The summed E-state index contributed by atoms with van der Waals surface area (Å²) >= 11 is 0. The highest BCUT2D eigenvalue weighted by Crippen LogP contribution is 2.41. The number of Topliss-reactive ketones (excluding diaryl/α,β-unsaturated/α-hetero) is 1. The van der Waals surface area contributed by atoms with Gasteiger partial charge in [0.2, 0.25) is 0 Å². The number of hydrogen-bond acceptors (Lipinski definition) is 6. The molecule has 2 amide bonds. The van der Waals surface area contributed by atoms with Crippen molar-refractivity contribution in [2.75, 3.05) is 0 Å². The zero-order chi connectivity index (χ0) is 24.7. The topological polar surface area (TPSA) is 135 Å². The van der Waals surface area contributed by atoms with E-state index in [4.69, 9.17) is 4.42 Å². The maximum Gasteiger partial charge on any atom is 0.441 e. The molecule has 0 saturated heterocycles. The van der Waals surface area contributed by atoms with E-state index >= 15 is 0 Å². The summed E-state index contributed by atoms with van der Waals surface area (Å²) < 4.78 is 47.4. The number of nitro benzene ring substituents is 1. The van der Waals surface area contributed by atoms with Crippen LogP contribution in [0.2, 0.25) is 0 Å². The maximum atomic E-state index is 13.9. The summed E-state index contributed by atoms with van der Waals surface area (Å²) in [5.41, 5.74) is -6.51. The summed E-state index contributed by atoms with van der Waals surface area (Å²) in [4.78, 5) is 35.9. The number of benzene rings is 2. The largest absolute Gasteiger partial charge is 0.454 e. The number of nitrogens with zero attached hydrogens (tertiary/aromatic N) is 1. The average Bonchev–Trinajstić information content (AvgIpc) is 3.28. The van der Waals surface area contributed by atoms with Crippen molar-refractivity contribution in [1.82, 2.24) is 10.6 Å². The van der Waals surface area contributed by atoms with Crippen molar-refractivity contribution >= 4 is 23.2 Å². The van der Waals surface area contributed by atoms with Gasteiger partial charge in [-0.05, 0) is 18.2 Å². The molecule has 0 saturated carbocycles. The number of halogens is 3. The van der Waals surface area contributed by atoms with Crippen molar-refractivity contribution < 1.29 is 37.2 Å². The van der Waals surface area contributed by atoms with Crippen molar-refractivity contribution in [2.24, 2.45) is 0 Å². The van der Waals surface area contributed by atoms with Gasteiger partial charge >= 0.3 is 12.2 Å². The molecule has 9 nitrogen and oxygen atoms in total. The Labute approximate surface area is 188 Å². The molecule has 0 bridgehead atoms. The summed E-state index contributed by atoms with van der Waals surface area (Å²) in [5, 5.41) is 25.3. The first-order chi connectivity index (χ1) is 16.0. The highest BCUT2D eigenvalue weighted by Gasteiger charge is 2.62. The number of nitrogens with one attached hydrogen (secondary N) is 2. The molecule has 174 valence electrons. The van der Waals surface area contributed by atoms with Crippen LogP contribution in [0, 0.1) is 10.1 Å². The van der Waals surface area contributed by atoms with Crippen molar-refractivity contribution in [3.05, 3.63) is 93.7 Å². The van der Waals surface area contributed by atoms with Gasteiger partial charge in [0.1, 0.15) is 5.76 Å². The van der Waals surface area contributed by atoms with Gasteiger partial charge in [-0.15, -0.1) is 0 Å². The first-order valence-electron chi connectivity index (χ1n) is 9.59. The molecular formula is C22H14F3N3O6. The highest BCUT2D eigenvalue weighted by atomic mass is 19.4. The van der Waals surface area contributed by atoms with Crippen LogP contribution in [0.5, 0.6) is 0 Å². The zero-order valence-corrected chi connectivity index (χ0v) is 16.9. The number of carbonyl (C=O) groups is 2. The van der Waals surface area contributed by atoms with Crippen LogP contribution in [-0.2, 0) is 0 Å². The fourth-order valence-corrected chi connectivity index (χ4v) is 3.48. The summed E-state index contributed by atoms with van der Waals surface area (Å²) in [6.07, 6.45) is -5.48. The zero-order valence-electron chi connectivity index (χ0n) is 16.9. The lowest BCUT2D eigenvalue weighted by molar-refractivity contribution is -0.384. The minimum absolute atomic E-state index is 0.0154. The number of ketones is 1. The van der Waals surface area contributed by atoms with E-state index in [1.165, 1.54) is 66.0 Å². The van der Waals surface area contributed by atoms with E-state index < -0.39 is 45.7 Å². The second kappa shape index (κ2) is 8.15. The average molecular weight is 473 g/mol. The summed E-state index contributed by atoms with van der Waals surface area (Å²) in [5.74, 6) is -1.76. The molecule has 34 heavy (non-hydrogen) atoms. The molecular weight excluding hydrogens is 459 g/mol. The molecule has 1 unspecified atom stereocenters. The van der Waals surface area contributed by atoms with E-state index in [-0.39, 0.29) is 22.6 Å². The van der Waals surface area contributed by atoms with Crippen molar-refractivity contribution in [3.8, 4) is 11.3 Å². The predicted octanol–water partition coefficient (Wildman–Crippen LogP) is 4.01. The molecule has 0 spiro atoms. The number of urea groups is 1. The van der Waals surface area contributed by atoms with Gasteiger partial charge < -0.3 is 14.8 Å². The van der Waals surface area contributed by atoms with Crippen LogP contribution >= 0.6 is 0 Å². The Morgan fingerprint density at radius 1 is 1.00 bits per heavy atom. The van der Waals surface area contributed by atoms with E-state index in [0.717, 1.165) is 6.07 Å². The van der Waals surface area contributed by atoms with Gasteiger partial charge in [0.25, 0.3) is 11.4 Å². The molecule has 3 N–H and O–H groups in total. The van der Waals surface area contributed by atoms with Crippen LogP contribution < -0.4 is 10.6 Å². The lowest BCUT2D eigenvalue weighted by atomic mass is 9.89. The summed E-state index contributed by atoms with van der Waals surface area (Å²) in [6, 6.07) is 13.2. The highest BCUT2D eigenvalue weighted by molar-refractivity contribution is 6.16. The molecule has 3 aromatic rings. The molecule has 2 heterocycles. The van der Waals surface area contributed by atoms with Crippen molar-refractivity contribution in [2.45, 2.75) is 11.9 Å². The molecule has 0 fully saturated rings. The van der Waals surface area contributed by atoms with Gasteiger partial charge in [0.15, 0.2) is 11.5 Å². The minimum Gasteiger partial charge on any atom is -0.454 e. The fraction of sp³-hybridized carbons (Fsp3) is 0.0909. The Morgan fingerprint density at radius 2 is 1.62 bits per heavy atom. The lowest BCUT2D eigenvalue weighted by Gasteiger charge is -2.37. The second-order valence-electron chi connectivity index (χ2n) is 7.17. The summed E-state index contributed by atoms with van der Waals surface area (Å²) in [6.45, 7) is 0. The number of amides is 2. The minimum atomic E-state index is -5.48. The number of rotatable bonds is 5.